The van der Waals surface area contributed by atoms with E-state index in [1.807, 2.05) is 0 Å². The molecule has 0 amide bonds. The largest absolute Gasteiger partial charge is 0.369 e. The Labute approximate surface area is 127 Å². The molecule has 0 N–H and O–H groups in total. The molecule has 20 heavy (non-hydrogen) atoms. The molecule has 108 valence electrons. The summed E-state index contributed by atoms with van der Waals surface area (Å²) >= 11 is 3.27. The second-order valence-electron chi connectivity index (χ2n) is 5.41. The van der Waals surface area contributed by atoms with Gasteiger partial charge in [-0.1, -0.05) is 19.9 Å². The third-order valence-corrected chi connectivity index (χ3v) is 5.02. The van der Waals surface area contributed by atoms with E-state index in [4.69, 9.17) is 4.74 Å². The average Bonchev–Trinajstić information content (AvgIpc) is 3.09. The number of hydrogen-bond donors (Lipinski definition) is 0. The van der Waals surface area contributed by atoms with Crippen molar-refractivity contribution in [1.82, 2.24) is 9.36 Å². The molecule has 0 saturated carbocycles. The van der Waals surface area contributed by atoms with Crippen molar-refractivity contribution in [3.05, 3.63) is 28.2 Å². The molecule has 2 aromatic heterocycles. The van der Waals surface area contributed by atoms with E-state index in [-0.39, 0.29) is 6.10 Å². The first-order valence-corrected chi connectivity index (χ1v) is 8.60. The van der Waals surface area contributed by atoms with Crippen molar-refractivity contribution in [1.29, 1.82) is 0 Å². The van der Waals surface area contributed by atoms with Gasteiger partial charge in [-0.2, -0.15) is 4.37 Å². The summed E-state index contributed by atoms with van der Waals surface area (Å²) in [7, 11) is 0. The third-order valence-electron chi connectivity index (χ3n) is 3.25. The fourth-order valence-electron chi connectivity index (χ4n) is 2.29. The van der Waals surface area contributed by atoms with Gasteiger partial charge < -0.3 is 9.64 Å². The molecule has 1 saturated heterocycles. The van der Waals surface area contributed by atoms with Crippen molar-refractivity contribution < 1.29 is 4.74 Å². The van der Waals surface area contributed by atoms with Crippen LogP contribution in [-0.4, -0.2) is 29.1 Å². The quantitative estimate of drug-likeness (QED) is 0.868. The van der Waals surface area contributed by atoms with E-state index in [9.17, 15) is 0 Å². The second-order valence-corrected chi connectivity index (χ2v) is 7.12. The molecule has 3 rings (SSSR count). The van der Waals surface area contributed by atoms with Gasteiger partial charge in [0.25, 0.3) is 0 Å². The Kier molecular flexibility index (Phi) is 4.33. The standard InChI is InChI=1S/C14H19N3OS2/c1-10(2)8-13-15-14(20-16-13)17-5-6-18-11(9-17)12-4-3-7-19-12/h3-4,7,10-11H,5-6,8-9H2,1-2H3/t11-/m0/s1. The van der Waals surface area contributed by atoms with E-state index in [1.54, 1.807) is 11.3 Å². The summed E-state index contributed by atoms with van der Waals surface area (Å²) in [6.07, 6.45) is 1.12. The van der Waals surface area contributed by atoms with Gasteiger partial charge in [-0.25, -0.2) is 4.98 Å². The van der Waals surface area contributed by atoms with Crippen LogP contribution in [0.25, 0.3) is 0 Å². The van der Waals surface area contributed by atoms with Gasteiger partial charge in [0.15, 0.2) is 0 Å². The van der Waals surface area contributed by atoms with Gasteiger partial charge in [-0.15, -0.1) is 11.3 Å². The minimum Gasteiger partial charge on any atom is -0.369 e. The summed E-state index contributed by atoms with van der Waals surface area (Å²) in [5.41, 5.74) is 0. The lowest BCUT2D eigenvalue weighted by molar-refractivity contribution is 0.0421. The van der Waals surface area contributed by atoms with Gasteiger partial charge in [0, 0.05) is 29.4 Å². The minimum absolute atomic E-state index is 0.168. The van der Waals surface area contributed by atoms with E-state index in [0.29, 0.717) is 5.92 Å². The van der Waals surface area contributed by atoms with Crippen LogP contribution in [0.4, 0.5) is 5.13 Å². The number of thiophene rings is 1. The molecule has 0 unspecified atom stereocenters. The molecule has 4 nitrogen and oxygen atoms in total. The van der Waals surface area contributed by atoms with E-state index in [2.05, 4.69) is 45.6 Å². The normalized spacial score (nSPS) is 19.8. The summed E-state index contributed by atoms with van der Waals surface area (Å²) < 4.78 is 10.3. The Morgan fingerprint density at radius 3 is 3.15 bits per heavy atom. The number of ether oxygens (including phenoxy) is 1. The Morgan fingerprint density at radius 2 is 2.40 bits per heavy atom. The zero-order valence-corrected chi connectivity index (χ0v) is 13.4. The first kappa shape index (κ1) is 14.0. The Balaban J connectivity index is 1.69. The average molecular weight is 309 g/mol. The molecule has 0 aliphatic carbocycles. The van der Waals surface area contributed by atoms with Crippen LogP contribution >= 0.6 is 22.9 Å². The van der Waals surface area contributed by atoms with Crippen LogP contribution in [-0.2, 0) is 11.2 Å². The van der Waals surface area contributed by atoms with Crippen molar-refractivity contribution in [3.8, 4) is 0 Å². The molecule has 3 heterocycles. The Hall–Kier alpha value is -0.980. The van der Waals surface area contributed by atoms with E-state index in [1.165, 1.54) is 16.4 Å². The molecule has 2 aromatic rings. The maximum Gasteiger partial charge on any atom is 0.205 e. The highest BCUT2D eigenvalue weighted by Crippen LogP contribution is 2.29. The topological polar surface area (TPSA) is 38.2 Å². The molecule has 1 aliphatic rings. The van der Waals surface area contributed by atoms with Crippen LogP contribution in [0.5, 0.6) is 0 Å². The maximum atomic E-state index is 5.87. The first-order valence-electron chi connectivity index (χ1n) is 6.95. The number of morpholine rings is 1. The molecule has 0 aromatic carbocycles. The molecule has 1 aliphatic heterocycles. The van der Waals surface area contributed by atoms with Gasteiger partial charge >= 0.3 is 0 Å². The van der Waals surface area contributed by atoms with Crippen LogP contribution in [0, 0.1) is 5.92 Å². The summed E-state index contributed by atoms with van der Waals surface area (Å²) in [5, 5.41) is 3.13. The van der Waals surface area contributed by atoms with Gasteiger partial charge in [0.1, 0.15) is 11.9 Å². The number of rotatable bonds is 4. The predicted octanol–water partition coefficient (Wildman–Crippen LogP) is 3.38. The maximum absolute atomic E-state index is 5.87. The predicted molar refractivity (Wildman–Crippen MR) is 83.7 cm³/mol. The summed E-state index contributed by atoms with van der Waals surface area (Å²) in [5.74, 6) is 1.57. The number of aromatic nitrogens is 2. The minimum atomic E-state index is 0.168. The van der Waals surface area contributed by atoms with E-state index >= 15 is 0 Å². The smallest absolute Gasteiger partial charge is 0.205 e. The molecule has 1 atom stereocenters. The fraction of sp³-hybridized carbons (Fsp3) is 0.571. The van der Waals surface area contributed by atoms with Crippen LogP contribution in [0.2, 0.25) is 0 Å². The lowest BCUT2D eigenvalue weighted by Gasteiger charge is -2.31. The number of hydrogen-bond acceptors (Lipinski definition) is 6. The molecule has 0 spiro atoms. The monoisotopic (exact) mass is 309 g/mol. The molecule has 6 heteroatoms. The van der Waals surface area contributed by atoms with Gasteiger partial charge in [0.2, 0.25) is 5.13 Å². The van der Waals surface area contributed by atoms with Crippen molar-refractivity contribution in [2.24, 2.45) is 5.92 Å². The van der Waals surface area contributed by atoms with Crippen LogP contribution in [0.3, 0.4) is 0 Å². The van der Waals surface area contributed by atoms with E-state index < -0.39 is 0 Å². The zero-order chi connectivity index (χ0) is 13.9. The third kappa shape index (κ3) is 3.19. The number of nitrogens with zero attached hydrogens (tertiary/aromatic N) is 3. The Morgan fingerprint density at radius 1 is 1.50 bits per heavy atom. The highest BCUT2D eigenvalue weighted by molar-refractivity contribution is 7.10. The molecular formula is C14H19N3OS2. The van der Waals surface area contributed by atoms with Crippen molar-refractivity contribution in [2.45, 2.75) is 26.4 Å². The summed E-state index contributed by atoms with van der Waals surface area (Å²) in [4.78, 5) is 8.27. The van der Waals surface area contributed by atoms with Crippen LogP contribution < -0.4 is 4.90 Å². The molecule has 0 bridgehead atoms. The van der Waals surface area contributed by atoms with Crippen molar-refractivity contribution in [2.75, 3.05) is 24.6 Å². The van der Waals surface area contributed by atoms with Gasteiger partial charge in [-0.05, 0) is 17.4 Å². The van der Waals surface area contributed by atoms with E-state index in [0.717, 1.165) is 37.1 Å². The molecule has 1 fully saturated rings. The van der Waals surface area contributed by atoms with Crippen LogP contribution in [0.15, 0.2) is 17.5 Å². The van der Waals surface area contributed by atoms with Crippen molar-refractivity contribution >= 4 is 28.0 Å². The summed E-state index contributed by atoms with van der Waals surface area (Å²) in [6, 6.07) is 4.22. The summed E-state index contributed by atoms with van der Waals surface area (Å²) in [6.45, 7) is 6.92. The van der Waals surface area contributed by atoms with Crippen molar-refractivity contribution in [3.63, 3.8) is 0 Å². The highest BCUT2D eigenvalue weighted by Gasteiger charge is 2.25. The first-order chi connectivity index (χ1) is 9.72. The molecular weight excluding hydrogens is 290 g/mol. The fourth-order valence-corrected chi connectivity index (χ4v) is 3.79. The lowest BCUT2D eigenvalue weighted by Crippen LogP contribution is -2.38. The number of anilines is 1. The molecule has 0 radical (unpaired) electrons. The van der Waals surface area contributed by atoms with Crippen LogP contribution in [0.1, 0.15) is 30.7 Å². The SMILES string of the molecule is CC(C)Cc1nsc(N2CCO[C@H](c3cccs3)C2)n1. The Bertz CT molecular complexity index is 538. The van der Waals surface area contributed by atoms with Gasteiger partial charge in [0.05, 0.1) is 13.2 Å². The zero-order valence-electron chi connectivity index (χ0n) is 11.8. The lowest BCUT2D eigenvalue weighted by atomic mass is 10.1. The second kappa shape index (κ2) is 6.20. The highest BCUT2D eigenvalue weighted by atomic mass is 32.1. The van der Waals surface area contributed by atoms with Gasteiger partial charge in [-0.3, -0.25) is 0 Å².